The van der Waals surface area contributed by atoms with Crippen molar-refractivity contribution in [3.8, 4) is 73.6 Å². The maximum Gasteiger partial charge on any atom is 0.164 e. The summed E-state index contributed by atoms with van der Waals surface area (Å²) in [4.78, 5) is 15.0. The van der Waals surface area contributed by atoms with Crippen molar-refractivity contribution < 1.29 is 0 Å². The van der Waals surface area contributed by atoms with E-state index in [1.54, 1.807) is 0 Å². The molecule has 11 rings (SSSR count). The number of hydrogen-bond donors (Lipinski definition) is 0. The third-order valence-corrected chi connectivity index (χ3v) is 13.9. The van der Waals surface area contributed by atoms with Crippen LogP contribution in [0.4, 0.5) is 0 Å². The first-order chi connectivity index (χ1) is 29.0. The van der Waals surface area contributed by atoms with E-state index in [1.807, 2.05) is 72.8 Å². The van der Waals surface area contributed by atoms with E-state index in [1.165, 1.54) is 64.6 Å². The van der Waals surface area contributed by atoms with Crippen LogP contribution in [-0.2, 0) is 5.41 Å². The predicted octanol–water partition coefficient (Wildman–Crippen LogP) is 13.6. The van der Waals surface area contributed by atoms with Gasteiger partial charge >= 0.3 is 0 Å². The number of nitriles is 1. The van der Waals surface area contributed by atoms with Crippen molar-refractivity contribution in [1.82, 2.24) is 15.0 Å². The average molecular weight is 761 g/mol. The van der Waals surface area contributed by atoms with Gasteiger partial charge in [-0.05, 0) is 111 Å². The summed E-state index contributed by atoms with van der Waals surface area (Å²) in [6.45, 7) is 5.02. The van der Waals surface area contributed by atoms with Gasteiger partial charge in [0, 0.05) is 27.5 Å². The predicted molar refractivity (Wildman–Crippen MR) is 239 cm³/mol. The van der Waals surface area contributed by atoms with E-state index >= 15 is 0 Å². The van der Waals surface area contributed by atoms with Gasteiger partial charge in [0.25, 0.3) is 0 Å². The van der Waals surface area contributed by atoms with E-state index in [0.717, 1.165) is 44.9 Å². The molecule has 5 unspecified atom stereocenters. The van der Waals surface area contributed by atoms with Crippen LogP contribution in [0.25, 0.3) is 78.3 Å². The van der Waals surface area contributed by atoms with Gasteiger partial charge in [-0.15, -0.1) is 0 Å². The van der Waals surface area contributed by atoms with Gasteiger partial charge in [-0.25, -0.2) is 15.0 Å². The Balaban J connectivity index is 1.08. The minimum Gasteiger partial charge on any atom is -0.208 e. The van der Waals surface area contributed by atoms with Gasteiger partial charge in [-0.1, -0.05) is 159 Å². The minimum absolute atomic E-state index is 0.0381. The number of benzene rings is 7. The molecule has 4 heteroatoms. The van der Waals surface area contributed by atoms with E-state index in [9.17, 15) is 5.26 Å². The highest BCUT2D eigenvalue weighted by Crippen LogP contribution is 2.66. The number of fused-ring (bicyclic) bond motifs is 9. The monoisotopic (exact) mass is 760 g/mol. The summed E-state index contributed by atoms with van der Waals surface area (Å²) >= 11 is 0. The molecule has 1 heterocycles. The smallest absolute Gasteiger partial charge is 0.164 e. The zero-order valence-corrected chi connectivity index (χ0v) is 33.4. The van der Waals surface area contributed by atoms with Crippen LogP contribution in [-0.4, -0.2) is 15.0 Å². The molecular formula is C55H44N4. The molecule has 284 valence electrons. The molecule has 0 N–H and O–H groups in total. The summed E-state index contributed by atoms with van der Waals surface area (Å²) in [5.41, 5.74) is 14.1. The molecule has 5 atom stereocenters. The maximum absolute atomic E-state index is 9.97. The molecule has 2 fully saturated rings. The van der Waals surface area contributed by atoms with Crippen LogP contribution >= 0.6 is 0 Å². The summed E-state index contributed by atoms with van der Waals surface area (Å²) in [7, 11) is 0. The molecule has 0 saturated heterocycles. The third kappa shape index (κ3) is 5.67. The Bertz CT molecular complexity index is 2890. The minimum atomic E-state index is -0.0381. The molecule has 4 nitrogen and oxygen atoms in total. The Kier molecular flexibility index (Phi) is 8.41. The Morgan fingerprint density at radius 2 is 1.10 bits per heavy atom. The van der Waals surface area contributed by atoms with E-state index in [0.29, 0.717) is 34.9 Å². The third-order valence-electron chi connectivity index (χ3n) is 13.9. The highest BCUT2D eigenvalue weighted by Gasteiger charge is 2.57. The Morgan fingerprint density at radius 1 is 0.492 bits per heavy atom. The summed E-state index contributed by atoms with van der Waals surface area (Å²) in [5, 5.41) is 12.1. The maximum atomic E-state index is 9.97. The Labute approximate surface area is 346 Å². The van der Waals surface area contributed by atoms with Crippen LogP contribution in [0.5, 0.6) is 0 Å². The Morgan fingerprint density at radius 3 is 1.78 bits per heavy atom. The molecule has 3 aliphatic rings. The summed E-state index contributed by atoms with van der Waals surface area (Å²) < 4.78 is 0. The highest BCUT2D eigenvalue weighted by atomic mass is 15.0. The molecule has 59 heavy (non-hydrogen) atoms. The first kappa shape index (κ1) is 35.5. The van der Waals surface area contributed by atoms with Crippen LogP contribution in [0.1, 0.15) is 56.2 Å². The lowest BCUT2D eigenvalue weighted by molar-refractivity contribution is 0.0426. The lowest BCUT2D eigenvalue weighted by Gasteiger charge is -2.54. The van der Waals surface area contributed by atoms with Crippen LogP contribution < -0.4 is 0 Å². The van der Waals surface area contributed by atoms with E-state index in [2.05, 4.69) is 105 Å². The quantitative estimate of drug-likeness (QED) is 0.175. The SMILES string of the molecule is CC1CC2CC(C)C3(c4ccc(-c5ccc(C#N)c6ccccc56)cc4-c4c(-c5ccc(-c6nc(-c7ccccc7)nc(-c7ccccc7)n6)cc5)cccc43)C(C1)C2. The normalized spacial score (nSPS) is 21.5. The topological polar surface area (TPSA) is 62.5 Å². The number of nitrogens with zero attached hydrogens (tertiary/aromatic N) is 4. The number of hydrogen-bond acceptors (Lipinski definition) is 4. The molecular weight excluding hydrogens is 717 g/mol. The van der Waals surface area contributed by atoms with Crippen molar-refractivity contribution in [1.29, 1.82) is 5.26 Å². The van der Waals surface area contributed by atoms with Crippen molar-refractivity contribution in [3.63, 3.8) is 0 Å². The fourth-order valence-electron chi connectivity index (χ4n) is 11.6. The molecule has 2 bridgehead atoms. The molecule has 0 radical (unpaired) electrons. The summed E-state index contributed by atoms with van der Waals surface area (Å²) in [6.07, 6.45) is 5.19. The van der Waals surface area contributed by atoms with Crippen molar-refractivity contribution in [2.45, 2.75) is 44.9 Å². The first-order valence-corrected chi connectivity index (χ1v) is 21.2. The molecule has 0 aliphatic heterocycles. The van der Waals surface area contributed by atoms with Crippen molar-refractivity contribution >= 4 is 10.8 Å². The van der Waals surface area contributed by atoms with Gasteiger partial charge in [0.1, 0.15) is 0 Å². The van der Waals surface area contributed by atoms with Gasteiger partial charge < -0.3 is 0 Å². The average Bonchev–Trinajstić information content (AvgIpc) is 3.59. The number of rotatable bonds is 5. The van der Waals surface area contributed by atoms with Gasteiger partial charge in [0.2, 0.25) is 0 Å². The highest BCUT2D eigenvalue weighted by molar-refractivity contribution is 6.02. The second kappa shape index (κ2) is 14.0. The van der Waals surface area contributed by atoms with Crippen molar-refractivity contribution in [3.05, 3.63) is 174 Å². The fourth-order valence-corrected chi connectivity index (χ4v) is 11.6. The second-order valence-electron chi connectivity index (χ2n) is 17.3. The standard InChI is InChI=1S/C55H44N4/c1-34-28-36-30-35(2)55(43(29-34)31-36)49-27-25-41(45-26-24-42(33-56)44-16-9-10-17-47(44)45)32-48(49)51-46(18-11-19-50(51)55)37-20-22-40(23-21-37)54-58-52(38-12-5-3-6-13-38)57-53(59-54)39-14-7-4-8-15-39/h3-27,32,34-36,43H,28-31H2,1-2H3. The Hall–Kier alpha value is -6.70. The van der Waals surface area contributed by atoms with Crippen molar-refractivity contribution in [2.24, 2.45) is 23.7 Å². The van der Waals surface area contributed by atoms with Crippen LogP contribution in [0.3, 0.4) is 0 Å². The van der Waals surface area contributed by atoms with Gasteiger partial charge in [0.15, 0.2) is 17.5 Å². The molecule has 8 aromatic rings. The molecule has 1 aromatic heterocycles. The zero-order chi connectivity index (χ0) is 39.7. The lowest BCUT2D eigenvalue weighted by atomic mass is 9.49. The summed E-state index contributed by atoms with van der Waals surface area (Å²) in [6, 6.07) is 58.5. The first-order valence-electron chi connectivity index (χ1n) is 21.2. The van der Waals surface area contributed by atoms with Crippen LogP contribution in [0, 0.1) is 35.0 Å². The van der Waals surface area contributed by atoms with Gasteiger partial charge in [-0.3, -0.25) is 0 Å². The fraction of sp³-hybridized carbons (Fsp3) is 0.200. The van der Waals surface area contributed by atoms with E-state index < -0.39 is 0 Å². The molecule has 3 aliphatic carbocycles. The van der Waals surface area contributed by atoms with E-state index in [4.69, 9.17) is 15.0 Å². The number of aromatic nitrogens is 3. The second-order valence-corrected chi connectivity index (χ2v) is 17.3. The molecule has 7 aromatic carbocycles. The van der Waals surface area contributed by atoms with Crippen molar-refractivity contribution in [2.75, 3.05) is 0 Å². The molecule has 2 saturated carbocycles. The summed E-state index contributed by atoms with van der Waals surface area (Å²) in [5.74, 6) is 4.64. The molecule has 0 amide bonds. The largest absolute Gasteiger partial charge is 0.208 e. The van der Waals surface area contributed by atoms with E-state index in [-0.39, 0.29) is 5.41 Å². The van der Waals surface area contributed by atoms with Gasteiger partial charge in [-0.2, -0.15) is 5.26 Å². The van der Waals surface area contributed by atoms with Crippen LogP contribution in [0.15, 0.2) is 158 Å². The van der Waals surface area contributed by atoms with Crippen LogP contribution in [0.2, 0.25) is 0 Å². The van der Waals surface area contributed by atoms with Gasteiger partial charge in [0.05, 0.1) is 11.6 Å². The lowest BCUT2D eigenvalue weighted by Crippen LogP contribution is -2.49. The zero-order valence-electron chi connectivity index (χ0n) is 33.4. The molecule has 1 spiro atoms.